The molecular formula is C15H20FN3O2. The Kier molecular flexibility index (Phi) is 4.67. The molecule has 6 heteroatoms. The quantitative estimate of drug-likeness (QED) is 0.876. The summed E-state index contributed by atoms with van der Waals surface area (Å²) in [4.78, 5) is 6.57. The smallest absolute Gasteiger partial charge is 0.137 e. The molecule has 21 heavy (non-hydrogen) atoms. The zero-order valence-electron chi connectivity index (χ0n) is 12.0. The van der Waals surface area contributed by atoms with Gasteiger partial charge in [0, 0.05) is 26.2 Å². The molecule has 0 atom stereocenters. The summed E-state index contributed by atoms with van der Waals surface area (Å²) in [6.45, 7) is 6.16. The molecule has 1 saturated heterocycles. The molecule has 0 amide bonds. The first-order chi connectivity index (χ1) is 10.3. The third-order valence-corrected chi connectivity index (χ3v) is 3.66. The molecule has 2 aliphatic heterocycles. The Hall–Kier alpha value is -1.66. The highest BCUT2D eigenvalue weighted by Crippen LogP contribution is 2.22. The largest absolute Gasteiger partial charge is 0.491 e. The van der Waals surface area contributed by atoms with Crippen molar-refractivity contribution in [1.29, 1.82) is 0 Å². The molecule has 2 aliphatic rings. The number of benzene rings is 1. The average Bonchev–Trinajstić information content (AvgIpc) is 3.02. The van der Waals surface area contributed by atoms with Gasteiger partial charge in [-0.3, -0.25) is 9.89 Å². The van der Waals surface area contributed by atoms with Crippen LogP contribution in [-0.2, 0) is 4.74 Å². The van der Waals surface area contributed by atoms with E-state index in [2.05, 4.69) is 15.2 Å². The summed E-state index contributed by atoms with van der Waals surface area (Å²) in [6.07, 6.45) is 0. The molecule has 1 aromatic rings. The Morgan fingerprint density at radius 1 is 1.33 bits per heavy atom. The zero-order chi connectivity index (χ0) is 14.5. The van der Waals surface area contributed by atoms with Crippen LogP contribution in [0.2, 0.25) is 0 Å². The van der Waals surface area contributed by atoms with Gasteiger partial charge in [0.25, 0.3) is 0 Å². The first-order valence-electron chi connectivity index (χ1n) is 7.35. The lowest BCUT2D eigenvalue weighted by molar-refractivity contribution is 0.0322. The van der Waals surface area contributed by atoms with E-state index in [1.54, 1.807) is 12.1 Å². The van der Waals surface area contributed by atoms with Gasteiger partial charge in [-0.15, -0.1) is 0 Å². The van der Waals surface area contributed by atoms with E-state index in [-0.39, 0.29) is 5.82 Å². The standard InChI is InChI=1S/C15H20FN3O2/c16-12-2-1-3-13(14(12)15-17-4-5-18-15)21-11-8-19-6-9-20-10-7-19/h1-3H,4-11H2,(H,17,18). The Labute approximate surface area is 123 Å². The summed E-state index contributed by atoms with van der Waals surface area (Å²) < 4.78 is 25.2. The molecule has 0 unspecified atom stereocenters. The van der Waals surface area contributed by atoms with Gasteiger partial charge < -0.3 is 14.8 Å². The molecule has 0 radical (unpaired) electrons. The number of hydrogen-bond donors (Lipinski definition) is 1. The molecule has 114 valence electrons. The van der Waals surface area contributed by atoms with Crippen molar-refractivity contribution in [1.82, 2.24) is 10.2 Å². The number of rotatable bonds is 5. The van der Waals surface area contributed by atoms with Crippen LogP contribution < -0.4 is 10.1 Å². The van der Waals surface area contributed by atoms with Crippen LogP contribution in [0.15, 0.2) is 23.2 Å². The maximum Gasteiger partial charge on any atom is 0.137 e. The van der Waals surface area contributed by atoms with Crippen LogP contribution in [0.5, 0.6) is 5.75 Å². The van der Waals surface area contributed by atoms with E-state index in [0.717, 1.165) is 39.4 Å². The summed E-state index contributed by atoms with van der Waals surface area (Å²) in [5, 5.41) is 3.10. The maximum absolute atomic E-state index is 14.1. The van der Waals surface area contributed by atoms with Gasteiger partial charge in [-0.2, -0.15) is 0 Å². The predicted molar refractivity (Wildman–Crippen MR) is 78.6 cm³/mol. The van der Waals surface area contributed by atoms with Crippen LogP contribution in [-0.4, -0.2) is 63.3 Å². The highest BCUT2D eigenvalue weighted by Gasteiger charge is 2.18. The van der Waals surface area contributed by atoms with Crippen LogP contribution in [0.1, 0.15) is 5.56 Å². The van der Waals surface area contributed by atoms with Crippen molar-refractivity contribution in [2.75, 3.05) is 52.5 Å². The number of morpholine rings is 1. The Bertz CT molecular complexity index is 516. The van der Waals surface area contributed by atoms with Crippen LogP contribution in [0.25, 0.3) is 0 Å². The minimum absolute atomic E-state index is 0.299. The van der Waals surface area contributed by atoms with Gasteiger partial charge in [-0.1, -0.05) is 6.07 Å². The summed E-state index contributed by atoms with van der Waals surface area (Å²) >= 11 is 0. The van der Waals surface area contributed by atoms with Crippen molar-refractivity contribution in [2.45, 2.75) is 0 Å². The molecule has 0 aromatic heterocycles. The van der Waals surface area contributed by atoms with E-state index in [4.69, 9.17) is 9.47 Å². The van der Waals surface area contributed by atoms with Crippen molar-refractivity contribution in [3.05, 3.63) is 29.6 Å². The van der Waals surface area contributed by atoms with E-state index >= 15 is 0 Å². The van der Waals surface area contributed by atoms with Gasteiger partial charge >= 0.3 is 0 Å². The predicted octanol–water partition coefficient (Wildman–Crippen LogP) is 0.887. The molecule has 0 aliphatic carbocycles. The fraction of sp³-hybridized carbons (Fsp3) is 0.533. The second-order valence-corrected chi connectivity index (χ2v) is 5.07. The summed E-state index contributed by atoms with van der Waals surface area (Å²) in [5.41, 5.74) is 0.442. The lowest BCUT2D eigenvalue weighted by Gasteiger charge is -2.26. The van der Waals surface area contributed by atoms with E-state index in [0.29, 0.717) is 30.3 Å². The van der Waals surface area contributed by atoms with Gasteiger partial charge in [0.15, 0.2) is 0 Å². The molecule has 0 spiro atoms. The third-order valence-electron chi connectivity index (χ3n) is 3.66. The van der Waals surface area contributed by atoms with Crippen molar-refractivity contribution >= 4 is 5.84 Å². The molecule has 1 aromatic carbocycles. The van der Waals surface area contributed by atoms with E-state index in [9.17, 15) is 4.39 Å². The van der Waals surface area contributed by atoms with Crippen LogP contribution in [0.4, 0.5) is 4.39 Å². The number of halogens is 1. The molecule has 1 N–H and O–H groups in total. The van der Waals surface area contributed by atoms with E-state index in [1.165, 1.54) is 6.07 Å². The fourth-order valence-electron chi connectivity index (χ4n) is 2.53. The van der Waals surface area contributed by atoms with Crippen molar-refractivity contribution < 1.29 is 13.9 Å². The Balaban J connectivity index is 1.63. The molecule has 1 fully saturated rings. The lowest BCUT2D eigenvalue weighted by atomic mass is 10.1. The first kappa shape index (κ1) is 14.3. The summed E-state index contributed by atoms with van der Waals surface area (Å²) in [6, 6.07) is 4.89. The van der Waals surface area contributed by atoms with Gasteiger partial charge in [0.2, 0.25) is 0 Å². The first-order valence-corrected chi connectivity index (χ1v) is 7.35. The minimum Gasteiger partial charge on any atom is -0.491 e. The number of aliphatic imine (C=N–C) groups is 1. The van der Waals surface area contributed by atoms with E-state index in [1.807, 2.05) is 0 Å². The molecule has 5 nitrogen and oxygen atoms in total. The number of ether oxygens (including phenoxy) is 2. The van der Waals surface area contributed by atoms with Gasteiger partial charge in [0.1, 0.15) is 24.0 Å². The molecule has 3 rings (SSSR count). The zero-order valence-corrected chi connectivity index (χ0v) is 12.0. The third kappa shape index (κ3) is 3.51. The molecule has 0 saturated carbocycles. The summed E-state index contributed by atoms with van der Waals surface area (Å²) in [7, 11) is 0. The Morgan fingerprint density at radius 2 is 2.19 bits per heavy atom. The Morgan fingerprint density at radius 3 is 2.95 bits per heavy atom. The topological polar surface area (TPSA) is 46.1 Å². The van der Waals surface area contributed by atoms with Crippen LogP contribution in [0, 0.1) is 5.82 Å². The maximum atomic E-state index is 14.1. The minimum atomic E-state index is -0.299. The van der Waals surface area contributed by atoms with E-state index < -0.39 is 0 Å². The van der Waals surface area contributed by atoms with Crippen molar-refractivity contribution in [3.8, 4) is 5.75 Å². The normalized spacial score (nSPS) is 19.2. The number of hydrogen-bond acceptors (Lipinski definition) is 5. The van der Waals surface area contributed by atoms with Gasteiger partial charge in [-0.05, 0) is 12.1 Å². The highest BCUT2D eigenvalue weighted by atomic mass is 19.1. The second-order valence-electron chi connectivity index (χ2n) is 5.07. The molecule has 0 bridgehead atoms. The molecule has 2 heterocycles. The number of nitrogens with zero attached hydrogens (tertiary/aromatic N) is 2. The average molecular weight is 293 g/mol. The number of amidine groups is 1. The highest BCUT2D eigenvalue weighted by molar-refractivity contribution is 6.02. The van der Waals surface area contributed by atoms with Crippen LogP contribution >= 0.6 is 0 Å². The van der Waals surface area contributed by atoms with Gasteiger partial charge in [-0.25, -0.2) is 4.39 Å². The van der Waals surface area contributed by atoms with Gasteiger partial charge in [0.05, 0.1) is 25.3 Å². The number of nitrogens with one attached hydrogen (secondary N) is 1. The summed E-state index contributed by atoms with van der Waals surface area (Å²) in [5.74, 6) is 0.845. The van der Waals surface area contributed by atoms with Crippen LogP contribution in [0.3, 0.4) is 0 Å². The fourth-order valence-corrected chi connectivity index (χ4v) is 2.53. The van der Waals surface area contributed by atoms with Crippen molar-refractivity contribution in [3.63, 3.8) is 0 Å². The second kappa shape index (κ2) is 6.87. The SMILES string of the molecule is Fc1cccc(OCCN2CCOCC2)c1C1=NCCN1. The van der Waals surface area contributed by atoms with Crippen molar-refractivity contribution in [2.24, 2.45) is 4.99 Å². The lowest BCUT2D eigenvalue weighted by Crippen LogP contribution is -2.38. The monoisotopic (exact) mass is 293 g/mol. The molecular weight excluding hydrogens is 273 g/mol.